The highest BCUT2D eigenvalue weighted by atomic mass is 35.5. The number of nitrogens with zero attached hydrogens (tertiary/aromatic N) is 1. The second-order valence-corrected chi connectivity index (χ2v) is 6.42. The van der Waals surface area contributed by atoms with Crippen LogP contribution in [0.2, 0.25) is 5.02 Å². The lowest BCUT2D eigenvalue weighted by Gasteiger charge is -2.33. The SMILES string of the molecule is O=C(Nc1ccc(Cl)cc1)Nc1cccc(N2CCC(F)(F)CC2)c1. The van der Waals surface area contributed by atoms with Gasteiger partial charge in [0.25, 0.3) is 5.92 Å². The van der Waals surface area contributed by atoms with Crippen molar-refractivity contribution in [3.8, 4) is 0 Å². The van der Waals surface area contributed by atoms with Gasteiger partial charge in [-0.25, -0.2) is 13.6 Å². The lowest BCUT2D eigenvalue weighted by molar-refractivity contribution is -0.0220. The Balaban J connectivity index is 1.61. The third-order valence-corrected chi connectivity index (χ3v) is 4.32. The third-order valence-electron chi connectivity index (χ3n) is 4.07. The predicted molar refractivity (Wildman–Crippen MR) is 96.9 cm³/mol. The summed E-state index contributed by atoms with van der Waals surface area (Å²) in [6, 6.07) is 13.6. The summed E-state index contributed by atoms with van der Waals surface area (Å²) < 4.78 is 26.6. The number of hydrogen-bond donors (Lipinski definition) is 2. The van der Waals surface area contributed by atoms with Crippen molar-refractivity contribution in [2.75, 3.05) is 28.6 Å². The lowest BCUT2D eigenvalue weighted by atomic mass is 10.1. The van der Waals surface area contributed by atoms with Gasteiger partial charge in [-0.15, -0.1) is 0 Å². The molecule has 0 aromatic heterocycles. The van der Waals surface area contributed by atoms with E-state index in [9.17, 15) is 13.6 Å². The highest BCUT2D eigenvalue weighted by Crippen LogP contribution is 2.31. The van der Waals surface area contributed by atoms with E-state index in [0.29, 0.717) is 29.5 Å². The maximum atomic E-state index is 13.3. The van der Waals surface area contributed by atoms with E-state index in [2.05, 4.69) is 10.6 Å². The number of halogens is 3. The molecule has 0 aliphatic carbocycles. The highest BCUT2D eigenvalue weighted by molar-refractivity contribution is 6.30. The van der Waals surface area contributed by atoms with Crippen molar-refractivity contribution in [3.63, 3.8) is 0 Å². The maximum absolute atomic E-state index is 13.3. The van der Waals surface area contributed by atoms with E-state index >= 15 is 0 Å². The van der Waals surface area contributed by atoms with Gasteiger partial charge in [0.05, 0.1) is 0 Å². The van der Waals surface area contributed by atoms with Crippen molar-refractivity contribution in [1.29, 1.82) is 0 Å². The van der Waals surface area contributed by atoms with Gasteiger partial charge in [0, 0.05) is 48.0 Å². The summed E-state index contributed by atoms with van der Waals surface area (Å²) in [7, 11) is 0. The van der Waals surface area contributed by atoms with Crippen LogP contribution in [-0.4, -0.2) is 25.0 Å². The Morgan fingerprint density at radius 1 is 1.00 bits per heavy atom. The number of anilines is 3. The number of amides is 2. The number of alkyl halides is 2. The van der Waals surface area contributed by atoms with Crippen LogP contribution in [0.1, 0.15) is 12.8 Å². The zero-order valence-electron chi connectivity index (χ0n) is 13.4. The number of nitrogens with one attached hydrogen (secondary N) is 2. The molecule has 1 heterocycles. The monoisotopic (exact) mass is 365 g/mol. The standard InChI is InChI=1S/C18H18ClF2N3O/c19-13-4-6-14(7-5-13)22-17(25)23-15-2-1-3-16(12-15)24-10-8-18(20,21)9-11-24/h1-7,12H,8-11H2,(H2,22,23,25). The van der Waals surface area contributed by atoms with Crippen molar-refractivity contribution in [1.82, 2.24) is 0 Å². The molecule has 132 valence electrons. The van der Waals surface area contributed by atoms with E-state index in [1.54, 1.807) is 42.5 Å². The lowest BCUT2D eigenvalue weighted by Crippen LogP contribution is -2.39. The molecule has 0 radical (unpaired) electrons. The number of hydrogen-bond acceptors (Lipinski definition) is 2. The Hall–Kier alpha value is -2.34. The smallest absolute Gasteiger partial charge is 0.323 e. The molecule has 2 aromatic rings. The molecule has 1 saturated heterocycles. The normalized spacial score (nSPS) is 16.4. The van der Waals surface area contributed by atoms with Gasteiger partial charge in [0.2, 0.25) is 0 Å². The third kappa shape index (κ3) is 4.82. The predicted octanol–water partition coefficient (Wildman–Crippen LogP) is 5.22. The summed E-state index contributed by atoms with van der Waals surface area (Å²) in [5.41, 5.74) is 2.04. The Morgan fingerprint density at radius 2 is 1.64 bits per heavy atom. The summed E-state index contributed by atoms with van der Waals surface area (Å²) in [6.07, 6.45) is -0.302. The maximum Gasteiger partial charge on any atom is 0.323 e. The fourth-order valence-corrected chi connectivity index (χ4v) is 2.83. The van der Waals surface area contributed by atoms with Gasteiger partial charge >= 0.3 is 6.03 Å². The minimum Gasteiger partial charge on any atom is -0.371 e. The zero-order chi connectivity index (χ0) is 17.9. The van der Waals surface area contributed by atoms with Gasteiger partial charge in [0.15, 0.2) is 0 Å². The first-order chi connectivity index (χ1) is 11.9. The Kier molecular flexibility index (Phi) is 5.08. The molecule has 2 aromatic carbocycles. The first-order valence-corrected chi connectivity index (χ1v) is 8.35. The molecule has 2 N–H and O–H groups in total. The van der Waals surface area contributed by atoms with E-state index in [0.717, 1.165) is 5.69 Å². The van der Waals surface area contributed by atoms with Crippen LogP contribution in [0.15, 0.2) is 48.5 Å². The van der Waals surface area contributed by atoms with Crippen molar-refractivity contribution in [2.45, 2.75) is 18.8 Å². The van der Waals surface area contributed by atoms with Crippen LogP contribution in [0.25, 0.3) is 0 Å². The van der Waals surface area contributed by atoms with Gasteiger partial charge in [-0.05, 0) is 42.5 Å². The Bertz CT molecular complexity index is 742. The Morgan fingerprint density at radius 3 is 2.32 bits per heavy atom. The molecule has 1 fully saturated rings. The molecule has 7 heteroatoms. The van der Waals surface area contributed by atoms with E-state index in [4.69, 9.17) is 11.6 Å². The van der Waals surface area contributed by atoms with Crippen LogP contribution in [-0.2, 0) is 0 Å². The molecule has 2 amide bonds. The number of rotatable bonds is 3. The number of piperidine rings is 1. The number of carbonyl (C=O) groups is 1. The summed E-state index contributed by atoms with van der Waals surface area (Å²) in [5, 5.41) is 6.04. The molecule has 0 spiro atoms. The second kappa shape index (κ2) is 7.27. The molecule has 4 nitrogen and oxygen atoms in total. The van der Waals surface area contributed by atoms with Crippen LogP contribution >= 0.6 is 11.6 Å². The van der Waals surface area contributed by atoms with Gasteiger partial charge in [-0.1, -0.05) is 17.7 Å². The zero-order valence-corrected chi connectivity index (χ0v) is 14.2. The second-order valence-electron chi connectivity index (χ2n) is 5.98. The summed E-state index contributed by atoms with van der Waals surface area (Å²) in [6.45, 7) is 0.598. The minimum absolute atomic E-state index is 0.151. The van der Waals surface area contributed by atoms with E-state index < -0.39 is 5.92 Å². The van der Waals surface area contributed by atoms with Crippen LogP contribution in [0.5, 0.6) is 0 Å². The molecule has 25 heavy (non-hydrogen) atoms. The number of benzene rings is 2. The number of carbonyl (C=O) groups excluding carboxylic acids is 1. The topological polar surface area (TPSA) is 44.4 Å². The molecule has 1 aliphatic heterocycles. The summed E-state index contributed by atoms with van der Waals surface area (Å²) in [5.74, 6) is -2.58. The van der Waals surface area contributed by atoms with E-state index in [-0.39, 0.29) is 18.9 Å². The first kappa shape index (κ1) is 17.5. The van der Waals surface area contributed by atoms with E-state index in [1.165, 1.54) is 0 Å². The number of urea groups is 1. The molecular formula is C18H18ClF2N3O. The van der Waals surface area contributed by atoms with Crippen molar-refractivity contribution in [3.05, 3.63) is 53.6 Å². The summed E-state index contributed by atoms with van der Waals surface area (Å²) >= 11 is 5.81. The Labute approximate surface area is 149 Å². The largest absolute Gasteiger partial charge is 0.371 e. The van der Waals surface area contributed by atoms with Crippen molar-refractivity contribution < 1.29 is 13.6 Å². The highest BCUT2D eigenvalue weighted by Gasteiger charge is 2.34. The average Bonchev–Trinajstić information content (AvgIpc) is 2.57. The van der Waals surface area contributed by atoms with Gasteiger partial charge in [-0.3, -0.25) is 0 Å². The molecule has 0 atom stereocenters. The van der Waals surface area contributed by atoms with E-state index in [1.807, 2.05) is 11.0 Å². The fraction of sp³-hybridized carbons (Fsp3) is 0.278. The molecule has 3 rings (SSSR count). The fourth-order valence-electron chi connectivity index (χ4n) is 2.70. The molecular weight excluding hydrogens is 348 g/mol. The molecule has 0 saturated carbocycles. The summed E-state index contributed by atoms with van der Waals surface area (Å²) in [4.78, 5) is 14.0. The average molecular weight is 366 g/mol. The minimum atomic E-state index is -2.58. The quantitative estimate of drug-likeness (QED) is 0.783. The van der Waals surface area contributed by atoms with Crippen LogP contribution in [0.3, 0.4) is 0 Å². The first-order valence-electron chi connectivity index (χ1n) is 7.98. The van der Waals surface area contributed by atoms with Crippen LogP contribution < -0.4 is 15.5 Å². The molecule has 0 unspecified atom stereocenters. The van der Waals surface area contributed by atoms with Gasteiger partial charge in [0.1, 0.15) is 0 Å². The van der Waals surface area contributed by atoms with Crippen molar-refractivity contribution >= 4 is 34.7 Å². The molecule has 0 bridgehead atoms. The van der Waals surface area contributed by atoms with Gasteiger partial charge < -0.3 is 15.5 Å². The van der Waals surface area contributed by atoms with Gasteiger partial charge in [-0.2, -0.15) is 0 Å². The van der Waals surface area contributed by atoms with Crippen LogP contribution in [0, 0.1) is 0 Å². The van der Waals surface area contributed by atoms with Crippen LogP contribution in [0.4, 0.5) is 30.6 Å². The molecule has 1 aliphatic rings. The van der Waals surface area contributed by atoms with Crippen molar-refractivity contribution in [2.24, 2.45) is 0 Å².